The zero-order valence-electron chi connectivity index (χ0n) is 15.6. The summed E-state index contributed by atoms with van der Waals surface area (Å²) in [6, 6.07) is 9.23. The van der Waals surface area contributed by atoms with Gasteiger partial charge in [0, 0.05) is 23.3 Å². The van der Waals surface area contributed by atoms with E-state index < -0.39 is 17.9 Å². The maximum absolute atomic E-state index is 11.6. The molecule has 0 aromatic heterocycles. The molecule has 0 saturated carbocycles. The van der Waals surface area contributed by atoms with Crippen molar-refractivity contribution in [3.05, 3.63) is 70.3 Å². The molecular formula is C21H24O7. The second-order valence-electron chi connectivity index (χ2n) is 6.15. The molecular weight excluding hydrogens is 364 g/mol. The third-order valence-corrected chi connectivity index (χ3v) is 4.09. The van der Waals surface area contributed by atoms with Crippen molar-refractivity contribution in [2.75, 3.05) is 6.61 Å². The summed E-state index contributed by atoms with van der Waals surface area (Å²) in [6.45, 7) is 1.07. The fourth-order valence-corrected chi connectivity index (χ4v) is 2.43. The van der Waals surface area contributed by atoms with Crippen LogP contribution in [0.3, 0.4) is 0 Å². The van der Waals surface area contributed by atoms with Crippen LogP contribution in [0.4, 0.5) is 0 Å². The minimum Gasteiger partial charge on any atom is -0.478 e. The predicted octanol–water partition coefficient (Wildman–Crippen LogP) is 2.81. The molecule has 0 fully saturated rings. The molecule has 1 rings (SSSR count). The largest absolute Gasteiger partial charge is 0.478 e. The molecule has 0 spiro atoms. The number of carboxylic acids is 3. The zero-order chi connectivity index (χ0) is 21.1. The Balaban J connectivity index is 3.29. The molecule has 0 saturated heterocycles. The van der Waals surface area contributed by atoms with Crippen molar-refractivity contribution in [1.82, 2.24) is 0 Å². The van der Waals surface area contributed by atoms with Crippen molar-refractivity contribution >= 4 is 17.9 Å². The predicted molar refractivity (Wildman–Crippen MR) is 103 cm³/mol. The van der Waals surface area contributed by atoms with Gasteiger partial charge in [0.05, 0.1) is 0 Å². The van der Waals surface area contributed by atoms with Gasteiger partial charge in [-0.1, -0.05) is 30.3 Å². The number of carbonyl (C=O) groups is 3. The molecule has 0 aliphatic rings. The van der Waals surface area contributed by atoms with Crippen LogP contribution >= 0.6 is 0 Å². The molecule has 0 amide bonds. The molecule has 0 heterocycles. The highest BCUT2D eigenvalue weighted by molar-refractivity contribution is 5.93. The Morgan fingerprint density at radius 3 is 1.86 bits per heavy atom. The molecule has 7 nitrogen and oxygen atoms in total. The lowest BCUT2D eigenvalue weighted by molar-refractivity contribution is -0.133. The Morgan fingerprint density at radius 2 is 1.39 bits per heavy atom. The second kappa shape index (κ2) is 11.5. The fraction of sp³-hybridized carbons (Fsp3) is 0.286. The SMILES string of the molecule is CC(C(=O)O)=C(C=C(CCCO)C(=O)O)C=C(CCc1ccccc1)C(=O)O. The lowest BCUT2D eigenvalue weighted by Gasteiger charge is -2.08. The van der Waals surface area contributed by atoms with Crippen LogP contribution in [0, 0.1) is 0 Å². The van der Waals surface area contributed by atoms with Crippen LogP contribution in [-0.4, -0.2) is 44.9 Å². The molecule has 150 valence electrons. The Hall–Kier alpha value is -3.19. The zero-order valence-corrected chi connectivity index (χ0v) is 15.6. The molecule has 1 aromatic carbocycles. The molecule has 0 aliphatic carbocycles. The van der Waals surface area contributed by atoms with Crippen molar-refractivity contribution in [2.45, 2.75) is 32.6 Å². The van der Waals surface area contributed by atoms with Crippen LogP contribution < -0.4 is 0 Å². The molecule has 28 heavy (non-hydrogen) atoms. The van der Waals surface area contributed by atoms with Gasteiger partial charge < -0.3 is 20.4 Å². The van der Waals surface area contributed by atoms with E-state index in [2.05, 4.69) is 0 Å². The van der Waals surface area contributed by atoms with Crippen molar-refractivity contribution in [3.8, 4) is 0 Å². The van der Waals surface area contributed by atoms with Gasteiger partial charge in [-0.05, 0) is 55.9 Å². The number of aliphatic hydroxyl groups is 1. The average molecular weight is 388 g/mol. The van der Waals surface area contributed by atoms with E-state index >= 15 is 0 Å². The first-order chi connectivity index (χ1) is 13.3. The van der Waals surface area contributed by atoms with Crippen LogP contribution in [-0.2, 0) is 20.8 Å². The number of allylic oxidation sites excluding steroid dienone is 3. The quantitative estimate of drug-likeness (QED) is 0.338. The highest BCUT2D eigenvalue weighted by Gasteiger charge is 2.15. The van der Waals surface area contributed by atoms with E-state index in [9.17, 15) is 29.7 Å². The first-order valence-electron chi connectivity index (χ1n) is 8.73. The van der Waals surface area contributed by atoms with E-state index in [-0.39, 0.29) is 48.2 Å². The lowest BCUT2D eigenvalue weighted by atomic mass is 9.98. The van der Waals surface area contributed by atoms with Gasteiger partial charge in [0.25, 0.3) is 0 Å². The summed E-state index contributed by atoms with van der Waals surface area (Å²) in [4.78, 5) is 34.4. The number of hydrogen-bond donors (Lipinski definition) is 4. The van der Waals surface area contributed by atoms with Crippen LogP contribution in [0.2, 0.25) is 0 Å². The maximum Gasteiger partial charge on any atom is 0.331 e. The number of aliphatic carboxylic acids is 3. The standard InChI is InChI=1S/C21H24O7/c1-14(19(23)24)18(12-16(20(25)26)8-5-11-22)13-17(21(27)28)10-9-15-6-3-2-4-7-15/h2-4,6-7,12-13,22H,5,8-11H2,1H3,(H,23,24)(H,25,26)(H,27,28). The fourth-order valence-electron chi connectivity index (χ4n) is 2.43. The van der Waals surface area contributed by atoms with Crippen LogP contribution in [0.25, 0.3) is 0 Å². The monoisotopic (exact) mass is 388 g/mol. The van der Waals surface area contributed by atoms with Gasteiger partial charge in [-0.2, -0.15) is 0 Å². The smallest absolute Gasteiger partial charge is 0.331 e. The van der Waals surface area contributed by atoms with Crippen LogP contribution in [0.1, 0.15) is 31.7 Å². The summed E-state index contributed by atoms with van der Waals surface area (Å²) < 4.78 is 0. The van der Waals surface area contributed by atoms with E-state index in [1.165, 1.54) is 13.0 Å². The van der Waals surface area contributed by atoms with Gasteiger partial charge >= 0.3 is 17.9 Å². The number of rotatable bonds is 11. The first-order valence-corrected chi connectivity index (χ1v) is 8.73. The summed E-state index contributed by atoms with van der Waals surface area (Å²) in [5.41, 5.74) is 0.644. The van der Waals surface area contributed by atoms with Crippen LogP contribution in [0.15, 0.2) is 64.8 Å². The van der Waals surface area contributed by atoms with Crippen LogP contribution in [0.5, 0.6) is 0 Å². The molecule has 0 unspecified atom stereocenters. The minimum atomic E-state index is -1.28. The van der Waals surface area contributed by atoms with Crippen molar-refractivity contribution in [1.29, 1.82) is 0 Å². The van der Waals surface area contributed by atoms with E-state index in [0.717, 1.165) is 11.6 Å². The normalized spacial score (nSPS) is 13.1. The molecule has 7 heteroatoms. The summed E-state index contributed by atoms with van der Waals surface area (Å²) in [6.07, 6.45) is 3.19. The maximum atomic E-state index is 11.6. The van der Waals surface area contributed by atoms with Crippen molar-refractivity contribution < 1.29 is 34.8 Å². The Morgan fingerprint density at radius 1 is 0.857 bits per heavy atom. The van der Waals surface area contributed by atoms with Crippen molar-refractivity contribution in [3.63, 3.8) is 0 Å². The second-order valence-corrected chi connectivity index (χ2v) is 6.15. The summed E-state index contributed by atoms with van der Waals surface area (Å²) >= 11 is 0. The molecule has 0 radical (unpaired) electrons. The van der Waals surface area contributed by atoms with Gasteiger partial charge in [0.15, 0.2) is 0 Å². The van der Waals surface area contributed by atoms with Gasteiger partial charge in [-0.3, -0.25) is 0 Å². The molecule has 0 aliphatic heterocycles. The first kappa shape index (κ1) is 22.9. The molecule has 0 atom stereocenters. The number of carboxylic acid groups (broad SMARTS) is 3. The van der Waals surface area contributed by atoms with E-state index in [4.69, 9.17) is 5.11 Å². The molecule has 4 N–H and O–H groups in total. The summed E-state index contributed by atoms with van der Waals surface area (Å²) in [5.74, 6) is -3.73. The average Bonchev–Trinajstić information content (AvgIpc) is 2.66. The van der Waals surface area contributed by atoms with Gasteiger partial charge in [-0.15, -0.1) is 0 Å². The summed E-state index contributed by atoms with van der Waals surface area (Å²) in [7, 11) is 0. The number of aryl methyl sites for hydroxylation is 1. The van der Waals surface area contributed by atoms with Gasteiger partial charge in [-0.25, -0.2) is 14.4 Å². The topological polar surface area (TPSA) is 132 Å². The van der Waals surface area contributed by atoms with E-state index in [1.807, 2.05) is 30.3 Å². The van der Waals surface area contributed by atoms with Gasteiger partial charge in [0.2, 0.25) is 0 Å². The van der Waals surface area contributed by atoms with E-state index in [1.54, 1.807) is 0 Å². The Labute approximate surface area is 162 Å². The Kier molecular flexibility index (Phi) is 9.39. The third-order valence-electron chi connectivity index (χ3n) is 4.09. The Bertz CT molecular complexity index is 801. The highest BCUT2D eigenvalue weighted by atomic mass is 16.4. The van der Waals surface area contributed by atoms with E-state index in [0.29, 0.717) is 6.42 Å². The number of hydrogen-bond acceptors (Lipinski definition) is 4. The number of benzene rings is 1. The third kappa shape index (κ3) is 7.59. The lowest BCUT2D eigenvalue weighted by Crippen LogP contribution is -2.07. The van der Waals surface area contributed by atoms with Gasteiger partial charge in [0.1, 0.15) is 0 Å². The molecule has 1 aromatic rings. The summed E-state index contributed by atoms with van der Waals surface area (Å²) in [5, 5.41) is 37.0. The molecule has 0 bridgehead atoms. The number of aliphatic hydroxyl groups excluding tert-OH is 1. The van der Waals surface area contributed by atoms with Crippen molar-refractivity contribution in [2.24, 2.45) is 0 Å². The minimum absolute atomic E-state index is 0.00769. The highest BCUT2D eigenvalue weighted by Crippen LogP contribution is 2.19.